The number of non-ortho nitro benzene ring substituents is 1. The number of ether oxygens (including phenoxy) is 2. The number of hydrogen-bond donors (Lipinski definition) is 1. The molecule has 8 nitrogen and oxygen atoms in total. The van der Waals surface area contributed by atoms with Crippen LogP contribution in [0, 0.1) is 15.9 Å². The Morgan fingerprint density at radius 1 is 0.967 bits per heavy atom. The predicted octanol–water partition coefficient (Wildman–Crippen LogP) is 4.32. The number of esters is 1. The molecule has 3 aromatic carbocycles. The third-order valence-electron chi connectivity index (χ3n) is 3.82. The Kier molecular flexibility index (Phi) is 6.33. The van der Waals surface area contributed by atoms with E-state index in [1.165, 1.54) is 12.1 Å². The van der Waals surface area contributed by atoms with Gasteiger partial charge in [0.1, 0.15) is 17.3 Å². The molecule has 9 heteroatoms. The highest BCUT2D eigenvalue weighted by Crippen LogP contribution is 2.23. The Bertz CT molecular complexity index is 1090. The Morgan fingerprint density at radius 2 is 1.70 bits per heavy atom. The number of para-hydroxylation sites is 1. The number of nitrogens with zero attached hydrogens (tertiary/aromatic N) is 1. The molecule has 0 bridgehead atoms. The predicted molar refractivity (Wildman–Crippen MR) is 105 cm³/mol. The van der Waals surface area contributed by atoms with Crippen LogP contribution in [0.2, 0.25) is 0 Å². The van der Waals surface area contributed by atoms with Gasteiger partial charge in [-0.05, 0) is 36.4 Å². The van der Waals surface area contributed by atoms with Gasteiger partial charge in [-0.3, -0.25) is 14.9 Å². The van der Waals surface area contributed by atoms with Gasteiger partial charge >= 0.3 is 5.97 Å². The van der Waals surface area contributed by atoms with E-state index >= 15 is 0 Å². The molecular formula is C21H15FN2O6. The quantitative estimate of drug-likeness (QED) is 0.353. The fourth-order valence-corrected chi connectivity index (χ4v) is 2.43. The Balaban J connectivity index is 1.59. The van der Waals surface area contributed by atoms with E-state index in [1.807, 2.05) is 6.07 Å². The van der Waals surface area contributed by atoms with Crippen molar-refractivity contribution in [3.05, 3.63) is 94.3 Å². The Hall–Kier alpha value is -4.27. The number of halogens is 1. The van der Waals surface area contributed by atoms with E-state index in [0.717, 1.165) is 18.2 Å². The zero-order valence-corrected chi connectivity index (χ0v) is 15.4. The van der Waals surface area contributed by atoms with Gasteiger partial charge in [0.2, 0.25) is 0 Å². The van der Waals surface area contributed by atoms with Gasteiger partial charge in [-0.15, -0.1) is 0 Å². The second-order valence-electron chi connectivity index (χ2n) is 5.99. The maximum Gasteiger partial charge on any atom is 0.338 e. The molecule has 0 atom stereocenters. The van der Waals surface area contributed by atoms with Crippen LogP contribution in [-0.4, -0.2) is 23.4 Å². The molecule has 0 heterocycles. The smallest absolute Gasteiger partial charge is 0.338 e. The normalized spacial score (nSPS) is 10.2. The van der Waals surface area contributed by atoms with E-state index in [1.54, 1.807) is 36.4 Å². The van der Waals surface area contributed by atoms with E-state index in [4.69, 9.17) is 9.47 Å². The first-order valence-corrected chi connectivity index (χ1v) is 8.66. The zero-order chi connectivity index (χ0) is 21.5. The SMILES string of the molecule is O=C(COC(=O)c1cccc(Oc2ccccc2)c1)Nc1cc([N+](=O)[O-])ccc1F. The first-order chi connectivity index (χ1) is 14.4. The van der Waals surface area contributed by atoms with Crippen LogP contribution in [0.15, 0.2) is 72.8 Å². The summed E-state index contributed by atoms with van der Waals surface area (Å²) in [4.78, 5) is 34.2. The average Bonchev–Trinajstić information content (AvgIpc) is 2.74. The van der Waals surface area contributed by atoms with Crippen LogP contribution in [0.3, 0.4) is 0 Å². The van der Waals surface area contributed by atoms with Crippen LogP contribution >= 0.6 is 0 Å². The van der Waals surface area contributed by atoms with Crippen molar-refractivity contribution in [2.24, 2.45) is 0 Å². The third kappa shape index (κ3) is 5.38. The summed E-state index contributed by atoms with van der Waals surface area (Å²) in [5.74, 6) is -1.51. The summed E-state index contributed by atoms with van der Waals surface area (Å²) in [6.45, 7) is -0.704. The lowest BCUT2D eigenvalue weighted by molar-refractivity contribution is -0.384. The van der Waals surface area contributed by atoms with Crippen molar-refractivity contribution in [2.45, 2.75) is 0 Å². The largest absolute Gasteiger partial charge is 0.457 e. The van der Waals surface area contributed by atoms with Crippen molar-refractivity contribution >= 4 is 23.3 Å². The maximum atomic E-state index is 13.7. The number of hydrogen-bond acceptors (Lipinski definition) is 6. The minimum Gasteiger partial charge on any atom is -0.457 e. The third-order valence-corrected chi connectivity index (χ3v) is 3.82. The van der Waals surface area contributed by atoms with Crippen molar-refractivity contribution in [3.8, 4) is 11.5 Å². The standard InChI is InChI=1S/C21H15FN2O6/c22-18-10-9-15(24(27)28)12-19(18)23-20(25)13-29-21(26)14-5-4-8-17(11-14)30-16-6-2-1-3-7-16/h1-12H,13H2,(H,23,25). The highest BCUT2D eigenvalue weighted by molar-refractivity contribution is 5.95. The number of anilines is 1. The Labute approximate surface area is 170 Å². The van der Waals surface area contributed by atoms with E-state index in [9.17, 15) is 24.1 Å². The molecule has 0 aliphatic rings. The zero-order valence-electron chi connectivity index (χ0n) is 15.4. The van der Waals surface area contributed by atoms with Gasteiger partial charge in [0.15, 0.2) is 6.61 Å². The van der Waals surface area contributed by atoms with Crippen LogP contribution in [-0.2, 0) is 9.53 Å². The average molecular weight is 410 g/mol. The number of carbonyl (C=O) groups excluding carboxylic acids is 2. The Morgan fingerprint density at radius 3 is 2.43 bits per heavy atom. The van der Waals surface area contributed by atoms with Crippen molar-refractivity contribution < 1.29 is 28.4 Å². The number of nitrogens with one attached hydrogen (secondary N) is 1. The second-order valence-corrected chi connectivity index (χ2v) is 5.99. The first-order valence-electron chi connectivity index (χ1n) is 8.66. The van der Waals surface area contributed by atoms with Crippen LogP contribution < -0.4 is 10.1 Å². The molecule has 0 saturated heterocycles. The van der Waals surface area contributed by atoms with Gasteiger partial charge in [-0.25, -0.2) is 9.18 Å². The number of amides is 1. The van der Waals surface area contributed by atoms with Crippen molar-refractivity contribution in [2.75, 3.05) is 11.9 Å². The fourth-order valence-electron chi connectivity index (χ4n) is 2.43. The summed E-state index contributed by atoms with van der Waals surface area (Å²) in [7, 11) is 0. The van der Waals surface area contributed by atoms with Gasteiger partial charge in [0.05, 0.1) is 16.2 Å². The number of carbonyl (C=O) groups is 2. The second kappa shape index (κ2) is 9.28. The molecule has 0 aliphatic carbocycles. The van der Waals surface area contributed by atoms with Gasteiger partial charge < -0.3 is 14.8 Å². The molecule has 152 valence electrons. The number of rotatable bonds is 7. The molecule has 30 heavy (non-hydrogen) atoms. The van der Waals surface area contributed by atoms with Crippen molar-refractivity contribution in [3.63, 3.8) is 0 Å². The molecule has 0 aromatic heterocycles. The summed E-state index contributed by atoms with van der Waals surface area (Å²) in [5.41, 5.74) is -0.625. The number of nitro benzene ring substituents is 1. The van der Waals surface area contributed by atoms with Crippen LogP contribution in [0.4, 0.5) is 15.8 Å². The lowest BCUT2D eigenvalue weighted by Crippen LogP contribution is -2.21. The monoisotopic (exact) mass is 410 g/mol. The van der Waals surface area contributed by atoms with Crippen LogP contribution in [0.1, 0.15) is 10.4 Å². The minimum absolute atomic E-state index is 0.151. The molecule has 1 N–H and O–H groups in total. The summed E-state index contributed by atoms with van der Waals surface area (Å²) < 4.78 is 24.3. The lowest BCUT2D eigenvalue weighted by atomic mass is 10.2. The molecule has 0 radical (unpaired) electrons. The fraction of sp³-hybridized carbons (Fsp3) is 0.0476. The molecule has 0 unspecified atom stereocenters. The molecule has 0 spiro atoms. The highest BCUT2D eigenvalue weighted by Gasteiger charge is 2.15. The van der Waals surface area contributed by atoms with Crippen LogP contribution in [0.25, 0.3) is 0 Å². The molecule has 3 aromatic rings. The summed E-state index contributed by atoms with van der Waals surface area (Å²) >= 11 is 0. The van der Waals surface area contributed by atoms with Crippen molar-refractivity contribution in [1.29, 1.82) is 0 Å². The first kappa shape index (κ1) is 20.5. The van der Waals surface area contributed by atoms with E-state index in [-0.39, 0.29) is 16.9 Å². The summed E-state index contributed by atoms with van der Waals surface area (Å²) in [6, 6.07) is 17.8. The highest BCUT2D eigenvalue weighted by atomic mass is 19.1. The number of benzene rings is 3. The molecule has 0 aliphatic heterocycles. The van der Waals surface area contributed by atoms with Crippen molar-refractivity contribution in [1.82, 2.24) is 0 Å². The number of nitro groups is 1. The van der Waals surface area contributed by atoms with E-state index in [2.05, 4.69) is 5.32 Å². The van der Waals surface area contributed by atoms with E-state index in [0.29, 0.717) is 11.5 Å². The molecule has 0 saturated carbocycles. The van der Waals surface area contributed by atoms with Gasteiger partial charge in [-0.1, -0.05) is 24.3 Å². The molecule has 0 fully saturated rings. The summed E-state index contributed by atoms with van der Waals surface area (Å²) in [5, 5.41) is 12.9. The topological polar surface area (TPSA) is 108 Å². The minimum atomic E-state index is -0.856. The summed E-state index contributed by atoms with van der Waals surface area (Å²) in [6.07, 6.45) is 0. The molecule has 1 amide bonds. The maximum absolute atomic E-state index is 13.7. The van der Waals surface area contributed by atoms with Gasteiger partial charge in [-0.2, -0.15) is 0 Å². The lowest BCUT2D eigenvalue weighted by Gasteiger charge is -2.09. The van der Waals surface area contributed by atoms with Gasteiger partial charge in [0, 0.05) is 12.1 Å². The van der Waals surface area contributed by atoms with E-state index < -0.39 is 29.2 Å². The molecular weight excluding hydrogens is 395 g/mol. The molecule has 3 rings (SSSR count). The van der Waals surface area contributed by atoms with Gasteiger partial charge in [0.25, 0.3) is 11.6 Å². The van der Waals surface area contributed by atoms with Crippen LogP contribution in [0.5, 0.6) is 11.5 Å².